The molecule has 1 aromatic carbocycles. The van der Waals surface area contributed by atoms with Crippen molar-refractivity contribution in [1.29, 1.82) is 0 Å². The largest absolute Gasteiger partial charge is 0.307 e. The Balaban J connectivity index is 1.90. The molecule has 0 aliphatic rings. The third-order valence-corrected chi connectivity index (χ3v) is 2.75. The fourth-order valence-corrected chi connectivity index (χ4v) is 2.02. The molecule has 2 aromatic rings. The average molecular weight is 241 g/mol. The summed E-state index contributed by atoms with van der Waals surface area (Å²) in [6.07, 6.45) is 3.62. The summed E-state index contributed by atoms with van der Waals surface area (Å²) in [4.78, 5) is 8.55. The molecule has 2 rings (SSSR count). The first-order chi connectivity index (χ1) is 8.63. The predicted molar refractivity (Wildman–Crippen MR) is 73.2 cm³/mol. The van der Waals surface area contributed by atoms with Gasteiger partial charge >= 0.3 is 0 Å². The molecular formula is C15H19N3. The van der Waals surface area contributed by atoms with Gasteiger partial charge in [0.1, 0.15) is 0 Å². The molecule has 0 amide bonds. The van der Waals surface area contributed by atoms with Gasteiger partial charge in [0.25, 0.3) is 0 Å². The molecule has 1 heterocycles. The fraction of sp³-hybridized carbons (Fsp3) is 0.333. The van der Waals surface area contributed by atoms with Crippen molar-refractivity contribution in [3.8, 4) is 0 Å². The van der Waals surface area contributed by atoms with Crippen molar-refractivity contribution in [2.75, 3.05) is 0 Å². The summed E-state index contributed by atoms with van der Waals surface area (Å²) in [7, 11) is 0. The van der Waals surface area contributed by atoms with Crippen molar-refractivity contribution in [3.05, 3.63) is 58.7 Å². The lowest BCUT2D eigenvalue weighted by Crippen LogP contribution is -2.14. The molecule has 0 saturated carbocycles. The summed E-state index contributed by atoms with van der Waals surface area (Å²) < 4.78 is 0. The van der Waals surface area contributed by atoms with E-state index in [1.807, 2.05) is 13.1 Å². The van der Waals surface area contributed by atoms with E-state index in [1.54, 1.807) is 6.20 Å². The Bertz CT molecular complexity index is 498. The predicted octanol–water partition coefficient (Wildman–Crippen LogP) is 2.69. The number of nitrogens with zero attached hydrogens (tertiary/aromatic N) is 2. The second-order valence-electron chi connectivity index (χ2n) is 4.75. The van der Waals surface area contributed by atoms with Crippen LogP contribution in [0.15, 0.2) is 30.6 Å². The minimum atomic E-state index is 0.750. The lowest BCUT2D eigenvalue weighted by Gasteiger charge is -2.07. The van der Waals surface area contributed by atoms with E-state index in [-0.39, 0.29) is 0 Å². The maximum absolute atomic E-state index is 4.32. The molecule has 3 nitrogen and oxygen atoms in total. The molecule has 0 atom stereocenters. The van der Waals surface area contributed by atoms with E-state index < -0.39 is 0 Å². The highest BCUT2D eigenvalue weighted by Gasteiger charge is 1.98. The molecule has 0 unspecified atom stereocenters. The normalized spacial score (nSPS) is 10.6. The Hall–Kier alpha value is -1.74. The monoisotopic (exact) mass is 241 g/mol. The van der Waals surface area contributed by atoms with E-state index in [0.29, 0.717) is 0 Å². The number of aromatic nitrogens is 2. The molecule has 0 radical (unpaired) electrons. The summed E-state index contributed by atoms with van der Waals surface area (Å²) in [6.45, 7) is 7.81. The Morgan fingerprint density at radius 2 is 1.61 bits per heavy atom. The van der Waals surface area contributed by atoms with Crippen molar-refractivity contribution >= 4 is 0 Å². The summed E-state index contributed by atoms with van der Waals surface area (Å²) in [5.41, 5.74) is 5.86. The molecule has 0 spiro atoms. The van der Waals surface area contributed by atoms with Crippen molar-refractivity contribution in [2.45, 2.75) is 33.9 Å². The Morgan fingerprint density at radius 3 is 2.22 bits per heavy atom. The SMILES string of the molecule is Cc1cc(C)cc(CNCc2cnc(C)cn2)c1. The van der Waals surface area contributed by atoms with Crippen LogP contribution in [0.4, 0.5) is 0 Å². The van der Waals surface area contributed by atoms with E-state index in [1.165, 1.54) is 16.7 Å². The van der Waals surface area contributed by atoms with E-state index in [9.17, 15) is 0 Å². The number of aryl methyl sites for hydroxylation is 3. The summed E-state index contributed by atoms with van der Waals surface area (Å²) in [5.74, 6) is 0. The van der Waals surface area contributed by atoms with Crippen LogP contribution in [0.25, 0.3) is 0 Å². The van der Waals surface area contributed by atoms with Crippen LogP contribution in [0.2, 0.25) is 0 Å². The third kappa shape index (κ3) is 3.64. The van der Waals surface area contributed by atoms with Gasteiger partial charge in [0.2, 0.25) is 0 Å². The molecule has 94 valence electrons. The second-order valence-corrected chi connectivity index (χ2v) is 4.75. The van der Waals surface area contributed by atoms with Crippen LogP contribution in [0, 0.1) is 20.8 Å². The van der Waals surface area contributed by atoms with E-state index in [4.69, 9.17) is 0 Å². The average Bonchev–Trinajstić information content (AvgIpc) is 2.30. The highest BCUT2D eigenvalue weighted by molar-refractivity contribution is 5.28. The number of hydrogen-bond donors (Lipinski definition) is 1. The number of benzene rings is 1. The van der Waals surface area contributed by atoms with Crippen molar-refractivity contribution in [2.24, 2.45) is 0 Å². The first-order valence-corrected chi connectivity index (χ1v) is 6.19. The quantitative estimate of drug-likeness (QED) is 0.894. The van der Waals surface area contributed by atoms with Crippen molar-refractivity contribution in [3.63, 3.8) is 0 Å². The molecule has 0 saturated heterocycles. The van der Waals surface area contributed by atoms with Crippen molar-refractivity contribution in [1.82, 2.24) is 15.3 Å². The Kier molecular flexibility index (Phi) is 4.05. The first-order valence-electron chi connectivity index (χ1n) is 6.19. The second kappa shape index (κ2) is 5.74. The number of nitrogens with one attached hydrogen (secondary N) is 1. The minimum absolute atomic E-state index is 0.750. The maximum Gasteiger partial charge on any atom is 0.0724 e. The maximum atomic E-state index is 4.32. The smallest absolute Gasteiger partial charge is 0.0724 e. The first kappa shape index (κ1) is 12.7. The van der Waals surface area contributed by atoms with Gasteiger partial charge < -0.3 is 5.32 Å². The van der Waals surface area contributed by atoms with Gasteiger partial charge in [-0.05, 0) is 26.3 Å². The molecule has 0 bridgehead atoms. The number of rotatable bonds is 4. The minimum Gasteiger partial charge on any atom is -0.307 e. The molecule has 1 aromatic heterocycles. The lowest BCUT2D eigenvalue weighted by molar-refractivity contribution is 0.675. The van der Waals surface area contributed by atoms with Crippen LogP contribution in [0.5, 0.6) is 0 Å². The van der Waals surface area contributed by atoms with Gasteiger partial charge in [0, 0.05) is 25.5 Å². The molecule has 0 fully saturated rings. The van der Waals surface area contributed by atoms with E-state index in [0.717, 1.165) is 24.5 Å². The fourth-order valence-electron chi connectivity index (χ4n) is 2.02. The highest BCUT2D eigenvalue weighted by atomic mass is 14.9. The van der Waals surface area contributed by atoms with Gasteiger partial charge in [0.15, 0.2) is 0 Å². The van der Waals surface area contributed by atoms with Gasteiger partial charge in [-0.1, -0.05) is 29.3 Å². The van der Waals surface area contributed by atoms with Crippen LogP contribution >= 0.6 is 0 Å². The molecule has 1 N–H and O–H groups in total. The van der Waals surface area contributed by atoms with Gasteiger partial charge in [-0.2, -0.15) is 0 Å². The topological polar surface area (TPSA) is 37.8 Å². The summed E-state index contributed by atoms with van der Waals surface area (Å²) >= 11 is 0. The van der Waals surface area contributed by atoms with Crippen LogP contribution in [-0.4, -0.2) is 9.97 Å². The zero-order valence-electron chi connectivity index (χ0n) is 11.2. The standard InChI is InChI=1S/C15H19N3/c1-11-4-12(2)6-14(5-11)8-16-9-15-10-17-13(3)7-18-15/h4-7,10,16H,8-9H2,1-3H3. The van der Waals surface area contributed by atoms with E-state index >= 15 is 0 Å². The molecule has 3 heteroatoms. The van der Waals surface area contributed by atoms with Crippen molar-refractivity contribution < 1.29 is 0 Å². The molecule has 18 heavy (non-hydrogen) atoms. The Labute approximate surface area is 108 Å². The lowest BCUT2D eigenvalue weighted by atomic mass is 10.1. The van der Waals surface area contributed by atoms with Crippen LogP contribution in [0.3, 0.4) is 0 Å². The molecular weight excluding hydrogens is 222 g/mol. The van der Waals surface area contributed by atoms with Crippen LogP contribution in [0.1, 0.15) is 28.1 Å². The van der Waals surface area contributed by atoms with Gasteiger partial charge in [0.05, 0.1) is 11.4 Å². The van der Waals surface area contributed by atoms with Gasteiger partial charge in [-0.25, -0.2) is 0 Å². The molecule has 0 aliphatic carbocycles. The third-order valence-electron chi connectivity index (χ3n) is 2.75. The van der Waals surface area contributed by atoms with Gasteiger partial charge in [-0.3, -0.25) is 9.97 Å². The summed E-state index contributed by atoms with van der Waals surface area (Å²) in [5, 5.41) is 3.39. The van der Waals surface area contributed by atoms with E-state index in [2.05, 4.69) is 47.3 Å². The highest BCUT2D eigenvalue weighted by Crippen LogP contribution is 2.08. The Morgan fingerprint density at radius 1 is 0.889 bits per heavy atom. The molecule has 0 aliphatic heterocycles. The van der Waals surface area contributed by atoms with Crippen LogP contribution in [-0.2, 0) is 13.1 Å². The zero-order chi connectivity index (χ0) is 13.0. The van der Waals surface area contributed by atoms with Crippen LogP contribution < -0.4 is 5.32 Å². The van der Waals surface area contributed by atoms with Gasteiger partial charge in [-0.15, -0.1) is 0 Å². The summed E-state index contributed by atoms with van der Waals surface area (Å²) in [6, 6.07) is 6.61. The zero-order valence-corrected chi connectivity index (χ0v) is 11.2. The number of hydrogen-bond acceptors (Lipinski definition) is 3.